The van der Waals surface area contributed by atoms with Gasteiger partial charge in [0.25, 0.3) is 0 Å². The van der Waals surface area contributed by atoms with Crippen LogP contribution in [0.1, 0.15) is 25.7 Å². The van der Waals surface area contributed by atoms with Gasteiger partial charge in [0.1, 0.15) is 41.7 Å². The Balaban J connectivity index is 1.05. The predicted octanol–water partition coefficient (Wildman–Crippen LogP) is 6.92. The quantitative estimate of drug-likeness (QED) is 0.160. The summed E-state index contributed by atoms with van der Waals surface area (Å²) < 4.78 is 26.9. The number of benzene rings is 2. The molecule has 0 amide bonds. The summed E-state index contributed by atoms with van der Waals surface area (Å²) in [5.41, 5.74) is 7.36. The second kappa shape index (κ2) is 13.1. The Morgan fingerprint density at radius 3 is 2.28 bits per heavy atom. The monoisotopic (exact) mass is 631 g/mol. The molecule has 2 fully saturated rings. The van der Waals surface area contributed by atoms with Crippen molar-refractivity contribution in [2.45, 2.75) is 25.7 Å². The van der Waals surface area contributed by atoms with E-state index in [0.29, 0.717) is 24.7 Å². The zero-order valence-corrected chi connectivity index (χ0v) is 26.3. The minimum absolute atomic E-state index is 0.322. The second-order valence-electron chi connectivity index (χ2n) is 12.5. The number of pyridine rings is 2. The number of rotatable bonds is 11. The highest BCUT2D eigenvalue weighted by atomic mass is 19.1. The van der Waals surface area contributed by atoms with Gasteiger partial charge in [0.2, 0.25) is 0 Å². The molecule has 2 aliphatic heterocycles. The van der Waals surface area contributed by atoms with E-state index in [1.54, 1.807) is 18.5 Å². The fourth-order valence-corrected chi connectivity index (χ4v) is 6.82. The minimum atomic E-state index is -0.322. The molecule has 10 heteroatoms. The van der Waals surface area contributed by atoms with Crippen LogP contribution in [0, 0.1) is 5.82 Å². The van der Waals surface area contributed by atoms with Gasteiger partial charge in [0.05, 0.1) is 23.1 Å². The SMILES string of the molecule is Fc1cc(OCCN2CCCC2)cc(-c2cccc3[nH]c(-c4n[nH]c5ccc(-c6cncc(OCCN7CCCC7)c6)nc45)cc23)c1. The molecule has 2 aromatic carbocycles. The van der Waals surface area contributed by atoms with E-state index in [1.165, 1.54) is 31.7 Å². The van der Waals surface area contributed by atoms with Crippen LogP contribution in [-0.2, 0) is 0 Å². The fraction of sp³-hybridized carbons (Fsp3) is 0.324. The number of ether oxygens (including phenoxy) is 2. The number of aromatic nitrogens is 5. The number of aromatic amines is 2. The van der Waals surface area contributed by atoms with Gasteiger partial charge in [-0.25, -0.2) is 9.37 Å². The first-order valence-corrected chi connectivity index (χ1v) is 16.6. The summed E-state index contributed by atoms with van der Waals surface area (Å²) in [6.07, 6.45) is 8.56. The zero-order chi connectivity index (χ0) is 31.6. The number of fused-ring (bicyclic) bond motifs is 2. The highest BCUT2D eigenvalue weighted by molar-refractivity contribution is 6.00. The first-order chi connectivity index (χ1) is 23.2. The van der Waals surface area contributed by atoms with Crippen molar-refractivity contribution in [2.24, 2.45) is 0 Å². The molecule has 0 unspecified atom stereocenters. The summed E-state index contributed by atoms with van der Waals surface area (Å²) in [4.78, 5) is 17.8. The average Bonchev–Trinajstić information content (AvgIpc) is 3.91. The van der Waals surface area contributed by atoms with E-state index in [4.69, 9.17) is 14.5 Å². The van der Waals surface area contributed by atoms with Crippen molar-refractivity contribution in [3.05, 3.63) is 78.9 Å². The number of likely N-dealkylation sites (tertiary alicyclic amines) is 2. The van der Waals surface area contributed by atoms with Crippen molar-refractivity contribution in [1.29, 1.82) is 0 Å². The lowest BCUT2D eigenvalue weighted by Crippen LogP contribution is -2.25. The first-order valence-electron chi connectivity index (χ1n) is 16.6. The standard InChI is InChI=1S/C37H38FN7O2/c38-27-18-25(19-28(21-27)46-16-14-44-10-1-2-11-44)30-6-5-7-33-31(30)22-35(40-33)37-36-34(42-43-37)9-8-32(41-36)26-20-29(24-39-23-26)47-17-15-45-12-3-4-13-45/h5-9,18-24,40H,1-4,10-17H2,(H,42,43). The molecule has 9 nitrogen and oxygen atoms in total. The van der Waals surface area contributed by atoms with Crippen LogP contribution >= 0.6 is 0 Å². The second-order valence-corrected chi connectivity index (χ2v) is 12.5. The summed E-state index contributed by atoms with van der Waals surface area (Å²) in [6, 6.07) is 18.9. The molecule has 2 N–H and O–H groups in total. The Morgan fingerprint density at radius 1 is 0.745 bits per heavy atom. The highest BCUT2D eigenvalue weighted by Gasteiger charge is 2.17. The van der Waals surface area contributed by atoms with Crippen LogP contribution in [-0.4, -0.2) is 87.4 Å². The van der Waals surface area contributed by atoms with Crippen molar-refractivity contribution in [1.82, 2.24) is 34.9 Å². The molecular formula is C37H38FN7O2. The smallest absolute Gasteiger partial charge is 0.138 e. The van der Waals surface area contributed by atoms with Gasteiger partial charge in [-0.2, -0.15) is 5.10 Å². The van der Waals surface area contributed by atoms with Crippen LogP contribution < -0.4 is 9.47 Å². The van der Waals surface area contributed by atoms with Gasteiger partial charge in [0.15, 0.2) is 0 Å². The summed E-state index contributed by atoms with van der Waals surface area (Å²) in [5.74, 6) is 0.950. The van der Waals surface area contributed by atoms with Gasteiger partial charge in [-0.05, 0) is 105 Å². The number of nitrogens with one attached hydrogen (secondary N) is 2. The molecule has 2 saturated heterocycles. The van der Waals surface area contributed by atoms with Gasteiger partial charge in [0, 0.05) is 41.8 Å². The highest BCUT2D eigenvalue weighted by Crippen LogP contribution is 2.36. The Hall–Kier alpha value is -4.80. The van der Waals surface area contributed by atoms with Crippen molar-refractivity contribution < 1.29 is 13.9 Å². The molecule has 0 radical (unpaired) electrons. The predicted molar refractivity (Wildman–Crippen MR) is 182 cm³/mol. The third kappa shape index (κ3) is 6.43. The number of halogens is 1. The molecule has 4 aromatic heterocycles. The van der Waals surface area contributed by atoms with Gasteiger partial charge in [-0.3, -0.25) is 19.9 Å². The molecule has 0 bridgehead atoms. The maximum Gasteiger partial charge on any atom is 0.138 e. The fourth-order valence-electron chi connectivity index (χ4n) is 6.82. The topological polar surface area (TPSA) is 95.2 Å². The normalized spacial score (nSPS) is 15.7. The lowest BCUT2D eigenvalue weighted by atomic mass is 10.0. The summed E-state index contributed by atoms with van der Waals surface area (Å²) in [6.45, 7) is 7.46. The third-order valence-corrected chi connectivity index (χ3v) is 9.27. The molecule has 0 atom stereocenters. The molecule has 6 heterocycles. The van der Waals surface area contributed by atoms with Gasteiger partial charge >= 0.3 is 0 Å². The first kappa shape index (κ1) is 29.6. The van der Waals surface area contributed by atoms with Crippen molar-refractivity contribution in [2.75, 3.05) is 52.5 Å². The van der Waals surface area contributed by atoms with Gasteiger partial charge < -0.3 is 14.5 Å². The van der Waals surface area contributed by atoms with E-state index < -0.39 is 0 Å². The van der Waals surface area contributed by atoms with Crippen LogP contribution in [0.15, 0.2) is 73.1 Å². The largest absolute Gasteiger partial charge is 0.492 e. The minimum Gasteiger partial charge on any atom is -0.492 e. The van der Waals surface area contributed by atoms with Crippen molar-refractivity contribution in [3.63, 3.8) is 0 Å². The summed E-state index contributed by atoms with van der Waals surface area (Å²) in [7, 11) is 0. The molecule has 0 spiro atoms. The van der Waals surface area contributed by atoms with E-state index in [1.807, 2.05) is 42.5 Å². The Labute approximate surface area is 272 Å². The lowest BCUT2D eigenvalue weighted by Gasteiger charge is -2.15. The molecule has 240 valence electrons. The average molecular weight is 632 g/mol. The zero-order valence-electron chi connectivity index (χ0n) is 26.3. The maximum absolute atomic E-state index is 14.8. The molecule has 6 aromatic rings. The molecule has 47 heavy (non-hydrogen) atoms. The molecular weight excluding hydrogens is 593 g/mol. The molecule has 2 aliphatic rings. The van der Waals surface area contributed by atoms with E-state index in [9.17, 15) is 4.39 Å². The molecule has 8 rings (SSSR count). The maximum atomic E-state index is 14.8. The van der Waals surface area contributed by atoms with E-state index in [2.05, 4.69) is 36.0 Å². The summed E-state index contributed by atoms with van der Waals surface area (Å²) >= 11 is 0. The van der Waals surface area contributed by atoms with Crippen LogP contribution in [0.4, 0.5) is 4.39 Å². The van der Waals surface area contributed by atoms with Crippen molar-refractivity contribution >= 4 is 21.9 Å². The van der Waals surface area contributed by atoms with E-state index >= 15 is 0 Å². The van der Waals surface area contributed by atoms with Crippen molar-refractivity contribution in [3.8, 4) is 45.3 Å². The van der Waals surface area contributed by atoms with E-state index in [-0.39, 0.29) is 5.82 Å². The third-order valence-electron chi connectivity index (χ3n) is 9.27. The van der Waals surface area contributed by atoms with Gasteiger partial charge in [-0.15, -0.1) is 0 Å². The van der Waals surface area contributed by atoms with Crippen LogP contribution in [0.2, 0.25) is 0 Å². The Bertz CT molecular complexity index is 2010. The molecule has 0 saturated carbocycles. The van der Waals surface area contributed by atoms with Crippen LogP contribution in [0.3, 0.4) is 0 Å². The lowest BCUT2D eigenvalue weighted by molar-refractivity contribution is 0.237. The van der Waals surface area contributed by atoms with Crippen LogP contribution in [0.5, 0.6) is 11.5 Å². The number of hydrogen-bond acceptors (Lipinski definition) is 7. The number of nitrogens with zero attached hydrogens (tertiary/aromatic N) is 5. The number of hydrogen-bond donors (Lipinski definition) is 2. The number of H-pyrrole nitrogens is 2. The van der Waals surface area contributed by atoms with Gasteiger partial charge in [-0.1, -0.05) is 12.1 Å². The van der Waals surface area contributed by atoms with Crippen LogP contribution in [0.25, 0.3) is 55.7 Å². The van der Waals surface area contributed by atoms with E-state index in [0.717, 1.165) is 95.0 Å². The molecule has 0 aliphatic carbocycles. The Morgan fingerprint density at radius 2 is 1.49 bits per heavy atom. The summed E-state index contributed by atoms with van der Waals surface area (Å²) in [5, 5.41) is 8.73. The Kier molecular flexibility index (Phi) is 8.27.